The molecule has 0 aromatic carbocycles. The number of nitrogens with zero attached hydrogens (tertiary/aromatic N) is 4. The van der Waals surface area contributed by atoms with Gasteiger partial charge in [-0.1, -0.05) is 6.57 Å². The Hall–Kier alpha value is -2.03. The molecule has 1 heterocycles. The van der Waals surface area contributed by atoms with E-state index in [1.54, 1.807) is 17.0 Å². The maximum absolute atomic E-state index is 8.69. The molecule has 5 heteroatoms. The van der Waals surface area contributed by atoms with Crippen molar-refractivity contribution in [1.82, 2.24) is 4.90 Å². The Morgan fingerprint density at radius 1 is 1.47 bits per heavy atom. The van der Waals surface area contributed by atoms with Gasteiger partial charge in [-0.3, -0.25) is 0 Å². The first kappa shape index (κ1) is 11.0. The average Bonchev–Trinajstić information content (AvgIpc) is 2.25. The molecule has 1 aliphatic rings. The number of nitriles is 2. The molecule has 0 aromatic heterocycles. The first-order valence-electron chi connectivity index (χ1n) is 4.65. The third kappa shape index (κ3) is 2.47. The van der Waals surface area contributed by atoms with E-state index >= 15 is 0 Å². The predicted octanol–water partition coefficient (Wildman–Crippen LogP) is 0.588. The zero-order chi connectivity index (χ0) is 11.3. The van der Waals surface area contributed by atoms with Crippen LogP contribution in [0.3, 0.4) is 0 Å². The van der Waals surface area contributed by atoms with Crippen LogP contribution in [0.25, 0.3) is 4.85 Å². The highest BCUT2D eigenvalue weighted by atomic mass is 15.2. The van der Waals surface area contributed by atoms with Crippen molar-refractivity contribution < 1.29 is 0 Å². The van der Waals surface area contributed by atoms with Crippen LogP contribution in [0, 0.1) is 29.2 Å². The van der Waals surface area contributed by atoms with E-state index in [0.29, 0.717) is 13.1 Å². The fourth-order valence-electron chi connectivity index (χ4n) is 1.61. The van der Waals surface area contributed by atoms with Gasteiger partial charge in [-0.15, -0.1) is 0 Å². The summed E-state index contributed by atoms with van der Waals surface area (Å²) >= 11 is 0. The summed E-state index contributed by atoms with van der Waals surface area (Å²) in [6.07, 6.45) is 1.82. The van der Waals surface area contributed by atoms with Gasteiger partial charge >= 0.3 is 0 Å². The second-order valence-electron chi connectivity index (χ2n) is 3.38. The van der Waals surface area contributed by atoms with Crippen LogP contribution in [0.15, 0.2) is 11.4 Å². The lowest BCUT2D eigenvalue weighted by Crippen LogP contribution is -2.42. The molecule has 0 amide bonds. The summed E-state index contributed by atoms with van der Waals surface area (Å²) in [5.74, 6) is 0.134. The average molecular weight is 201 g/mol. The molecule has 2 N–H and O–H groups in total. The second kappa shape index (κ2) is 5.00. The fourth-order valence-corrected chi connectivity index (χ4v) is 1.61. The fraction of sp³-hybridized carbons (Fsp3) is 0.500. The molecule has 1 aliphatic heterocycles. The number of allylic oxidation sites excluding steroid dienone is 1. The number of likely N-dealkylation sites (tertiary alicyclic amines) is 1. The van der Waals surface area contributed by atoms with Gasteiger partial charge < -0.3 is 15.5 Å². The van der Waals surface area contributed by atoms with Gasteiger partial charge in [0.15, 0.2) is 5.57 Å². The maximum Gasteiger partial charge on any atom is 0.253 e. The standard InChI is InChI=1S/C10H11N5/c1-14-10(8(5-11)6-12)15-4-2-3-9(13)7-15/h9H,2-4,7,13H2. The first-order chi connectivity index (χ1) is 7.22. The first-order valence-corrected chi connectivity index (χ1v) is 4.65. The van der Waals surface area contributed by atoms with Gasteiger partial charge in [-0.05, 0) is 12.8 Å². The Balaban J connectivity index is 2.95. The molecule has 5 nitrogen and oxygen atoms in total. The summed E-state index contributed by atoms with van der Waals surface area (Å²) in [6.45, 7) is 8.22. The highest BCUT2D eigenvalue weighted by molar-refractivity contribution is 5.42. The Bertz CT molecular complexity index is 374. The molecule has 1 rings (SSSR count). The van der Waals surface area contributed by atoms with E-state index in [1.807, 2.05) is 0 Å². The molecule has 1 saturated heterocycles. The van der Waals surface area contributed by atoms with E-state index < -0.39 is 0 Å². The van der Waals surface area contributed by atoms with Gasteiger partial charge in [-0.2, -0.15) is 10.5 Å². The van der Waals surface area contributed by atoms with Crippen LogP contribution < -0.4 is 5.73 Å². The van der Waals surface area contributed by atoms with E-state index in [1.165, 1.54) is 0 Å². The van der Waals surface area contributed by atoms with Crippen molar-refractivity contribution in [3.63, 3.8) is 0 Å². The molecule has 0 bridgehead atoms. The Labute approximate surface area is 88.8 Å². The van der Waals surface area contributed by atoms with Crippen molar-refractivity contribution in [3.8, 4) is 12.1 Å². The van der Waals surface area contributed by atoms with E-state index in [2.05, 4.69) is 4.85 Å². The van der Waals surface area contributed by atoms with Gasteiger partial charge in [0.05, 0.1) is 13.1 Å². The maximum atomic E-state index is 8.69. The van der Waals surface area contributed by atoms with Gasteiger partial charge in [0, 0.05) is 6.04 Å². The topological polar surface area (TPSA) is 81.2 Å². The minimum Gasteiger partial charge on any atom is -0.362 e. The van der Waals surface area contributed by atoms with Crippen LogP contribution in [0.1, 0.15) is 12.8 Å². The molecular weight excluding hydrogens is 190 g/mol. The largest absolute Gasteiger partial charge is 0.362 e. The van der Waals surface area contributed by atoms with Crippen molar-refractivity contribution in [1.29, 1.82) is 10.5 Å². The minimum atomic E-state index is -0.126. The van der Waals surface area contributed by atoms with Crippen molar-refractivity contribution >= 4 is 0 Å². The lowest BCUT2D eigenvalue weighted by molar-refractivity contribution is 0.265. The Morgan fingerprint density at radius 2 is 2.13 bits per heavy atom. The number of rotatable bonds is 1. The third-order valence-corrected chi connectivity index (χ3v) is 2.31. The number of nitrogens with two attached hydrogens (primary N) is 1. The molecule has 0 spiro atoms. The molecule has 0 aromatic rings. The number of hydrogen-bond donors (Lipinski definition) is 1. The van der Waals surface area contributed by atoms with E-state index in [0.717, 1.165) is 12.8 Å². The van der Waals surface area contributed by atoms with Crippen LogP contribution in [-0.4, -0.2) is 24.0 Å². The monoisotopic (exact) mass is 201 g/mol. The molecule has 0 aliphatic carbocycles. The molecule has 1 atom stereocenters. The highest BCUT2D eigenvalue weighted by Gasteiger charge is 2.23. The Kier molecular flexibility index (Phi) is 3.68. The van der Waals surface area contributed by atoms with Gasteiger partial charge in [-0.25, -0.2) is 0 Å². The zero-order valence-electron chi connectivity index (χ0n) is 8.27. The molecule has 15 heavy (non-hydrogen) atoms. The highest BCUT2D eigenvalue weighted by Crippen LogP contribution is 2.17. The lowest BCUT2D eigenvalue weighted by Gasteiger charge is -2.28. The zero-order valence-corrected chi connectivity index (χ0v) is 8.27. The molecule has 1 fully saturated rings. The number of hydrogen-bond acceptors (Lipinski definition) is 4. The minimum absolute atomic E-state index is 0.0223. The summed E-state index contributed by atoms with van der Waals surface area (Å²) in [5, 5.41) is 17.4. The third-order valence-electron chi connectivity index (χ3n) is 2.31. The summed E-state index contributed by atoms with van der Waals surface area (Å²) < 4.78 is 0. The van der Waals surface area contributed by atoms with Crippen molar-refractivity contribution in [2.24, 2.45) is 5.73 Å². The SMILES string of the molecule is [C-]#[N+]C(=C(C#N)C#N)N1CCCC(N)C1. The van der Waals surface area contributed by atoms with Crippen molar-refractivity contribution in [2.45, 2.75) is 18.9 Å². The van der Waals surface area contributed by atoms with E-state index in [4.69, 9.17) is 22.8 Å². The van der Waals surface area contributed by atoms with Crippen LogP contribution in [-0.2, 0) is 0 Å². The smallest absolute Gasteiger partial charge is 0.253 e. The predicted molar refractivity (Wildman–Crippen MR) is 53.6 cm³/mol. The quantitative estimate of drug-likeness (QED) is 0.497. The summed E-state index contributed by atoms with van der Waals surface area (Å²) in [5.41, 5.74) is 5.64. The molecule has 76 valence electrons. The summed E-state index contributed by atoms with van der Waals surface area (Å²) in [4.78, 5) is 4.97. The lowest BCUT2D eigenvalue weighted by atomic mass is 10.1. The van der Waals surface area contributed by atoms with Crippen LogP contribution >= 0.6 is 0 Å². The van der Waals surface area contributed by atoms with Gasteiger partial charge in [0.1, 0.15) is 12.1 Å². The van der Waals surface area contributed by atoms with Gasteiger partial charge in [0.25, 0.3) is 5.82 Å². The summed E-state index contributed by atoms with van der Waals surface area (Å²) in [7, 11) is 0. The molecular formula is C10H11N5. The number of piperidine rings is 1. The van der Waals surface area contributed by atoms with E-state index in [9.17, 15) is 0 Å². The van der Waals surface area contributed by atoms with Crippen molar-refractivity contribution in [2.75, 3.05) is 13.1 Å². The molecule has 0 radical (unpaired) electrons. The second-order valence-corrected chi connectivity index (χ2v) is 3.38. The molecule has 0 saturated carbocycles. The molecule has 1 unspecified atom stereocenters. The normalized spacial score (nSPS) is 19.6. The van der Waals surface area contributed by atoms with Crippen LogP contribution in [0.5, 0.6) is 0 Å². The van der Waals surface area contributed by atoms with Gasteiger partial charge in [0.2, 0.25) is 0 Å². The van der Waals surface area contributed by atoms with E-state index in [-0.39, 0.29) is 17.4 Å². The van der Waals surface area contributed by atoms with Crippen LogP contribution in [0.4, 0.5) is 0 Å². The summed E-state index contributed by atoms with van der Waals surface area (Å²) in [6, 6.07) is 3.50. The van der Waals surface area contributed by atoms with Crippen molar-refractivity contribution in [3.05, 3.63) is 22.8 Å². The Morgan fingerprint density at radius 3 is 2.60 bits per heavy atom. The van der Waals surface area contributed by atoms with Crippen LogP contribution in [0.2, 0.25) is 0 Å².